The second-order valence-electron chi connectivity index (χ2n) is 6.01. The van der Waals surface area contributed by atoms with Crippen molar-refractivity contribution in [1.29, 1.82) is 0 Å². The van der Waals surface area contributed by atoms with E-state index >= 15 is 0 Å². The van der Waals surface area contributed by atoms with Crippen LogP contribution >= 0.6 is 15.9 Å². The first-order valence-electron chi connectivity index (χ1n) is 8.05. The molecule has 1 aliphatic rings. The summed E-state index contributed by atoms with van der Waals surface area (Å²) in [6, 6.07) is 14.0. The van der Waals surface area contributed by atoms with E-state index in [1.54, 1.807) is 11.1 Å². The van der Waals surface area contributed by atoms with Gasteiger partial charge in [0, 0.05) is 42.4 Å². The van der Waals surface area contributed by atoms with Crippen molar-refractivity contribution in [3.05, 3.63) is 64.4 Å². The van der Waals surface area contributed by atoms with Gasteiger partial charge in [-0.3, -0.25) is 9.78 Å². The summed E-state index contributed by atoms with van der Waals surface area (Å²) in [5.41, 5.74) is 8.54. The van der Waals surface area contributed by atoms with Crippen molar-refractivity contribution in [2.24, 2.45) is 0 Å². The molecule has 2 atom stereocenters. The number of benzene rings is 1. The quantitative estimate of drug-likeness (QED) is 0.825. The van der Waals surface area contributed by atoms with Crippen molar-refractivity contribution < 1.29 is 4.79 Å². The van der Waals surface area contributed by atoms with Gasteiger partial charge in [-0.15, -0.1) is 0 Å². The lowest BCUT2D eigenvalue weighted by Gasteiger charge is -2.20. The maximum atomic E-state index is 12.6. The number of likely N-dealkylation sites (N-methyl/N-ethyl adjacent to an activating group) is 1. The average Bonchev–Trinajstić information content (AvgIpc) is 3.10. The van der Waals surface area contributed by atoms with Crippen LogP contribution in [0.15, 0.2) is 53.1 Å². The third-order valence-electron chi connectivity index (χ3n) is 4.28. The lowest BCUT2D eigenvalue weighted by atomic mass is 10.0. The number of carbonyl (C=O) groups is 1. The van der Waals surface area contributed by atoms with Gasteiger partial charge in [0.2, 0.25) is 5.91 Å². The van der Waals surface area contributed by atoms with E-state index < -0.39 is 0 Å². The van der Waals surface area contributed by atoms with Gasteiger partial charge in [0.15, 0.2) is 0 Å². The third kappa shape index (κ3) is 4.20. The number of nitrogens with one attached hydrogen (secondary N) is 2. The van der Waals surface area contributed by atoms with Crippen molar-refractivity contribution in [3.63, 3.8) is 0 Å². The molecule has 3 rings (SSSR count). The fourth-order valence-corrected chi connectivity index (χ4v) is 3.10. The van der Waals surface area contributed by atoms with E-state index in [1.807, 2.05) is 37.4 Å². The number of pyridine rings is 1. The Morgan fingerprint density at radius 2 is 2.04 bits per heavy atom. The van der Waals surface area contributed by atoms with Gasteiger partial charge in [-0.2, -0.15) is 0 Å². The van der Waals surface area contributed by atoms with Crippen molar-refractivity contribution in [2.45, 2.75) is 24.9 Å². The number of aromatic nitrogens is 1. The van der Waals surface area contributed by atoms with Crippen LogP contribution < -0.4 is 10.9 Å². The number of nitrogens with zero attached hydrogens (tertiary/aromatic N) is 2. The maximum Gasteiger partial charge on any atom is 0.240 e. The van der Waals surface area contributed by atoms with Gasteiger partial charge >= 0.3 is 0 Å². The van der Waals surface area contributed by atoms with E-state index in [9.17, 15) is 4.79 Å². The summed E-state index contributed by atoms with van der Waals surface area (Å²) in [5, 5.41) is 0. The number of hydrogen-bond donors (Lipinski definition) is 2. The molecule has 24 heavy (non-hydrogen) atoms. The van der Waals surface area contributed by atoms with Crippen molar-refractivity contribution >= 4 is 21.8 Å². The van der Waals surface area contributed by atoms with Crippen LogP contribution in [0.25, 0.3) is 0 Å². The van der Waals surface area contributed by atoms with Crippen molar-refractivity contribution in [2.75, 3.05) is 13.6 Å². The maximum absolute atomic E-state index is 12.6. The molecule has 126 valence electrons. The molecule has 5 nitrogen and oxygen atoms in total. The predicted molar refractivity (Wildman–Crippen MR) is 97.1 cm³/mol. The largest absolute Gasteiger partial charge is 0.344 e. The monoisotopic (exact) mass is 388 g/mol. The Morgan fingerprint density at radius 3 is 2.75 bits per heavy atom. The van der Waals surface area contributed by atoms with Crippen LogP contribution in [0.5, 0.6) is 0 Å². The standard InChI is InChI=1S/C18H21BrN4O/c1-23(11-9-15-4-2-3-10-20-15)18(24)17-12-16(21-22-17)13-5-7-14(19)8-6-13/h2-8,10,16-17,21-22H,9,11-12H2,1H3. The number of hydrazine groups is 1. The Balaban J connectivity index is 1.53. The van der Waals surface area contributed by atoms with E-state index in [0.717, 1.165) is 23.0 Å². The SMILES string of the molecule is CN(CCc1ccccn1)C(=O)C1CC(c2ccc(Br)cc2)NN1. The summed E-state index contributed by atoms with van der Waals surface area (Å²) in [6.07, 6.45) is 3.29. The van der Waals surface area contributed by atoms with E-state index in [0.29, 0.717) is 6.54 Å². The molecule has 1 saturated heterocycles. The molecule has 2 aromatic rings. The van der Waals surface area contributed by atoms with Crippen LogP contribution in [-0.2, 0) is 11.2 Å². The highest BCUT2D eigenvalue weighted by Gasteiger charge is 2.31. The molecule has 6 heteroatoms. The molecule has 0 aliphatic carbocycles. The first-order valence-corrected chi connectivity index (χ1v) is 8.84. The van der Waals surface area contributed by atoms with Gasteiger partial charge in [-0.1, -0.05) is 34.1 Å². The van der Waals surface area contributed by atoms with Crippen molar-refractivity contribution in [1.82, 2.24) is 20.7 Å². The Kier molecular flexibility index (Phi) is 5.60. The minimum Gasteiger partial charge on any atom is -0.344 e. The van der Waals surface area contributed by atoms with Crippen LogP contribution in [-0.4, -0.2) is 35.4 Å². The van der Waals surface area contributed by atoms with Gasteiger partial charge < -0.3 is 4.90 Å². The topological polar surface area (TPSA) is 57.3 Å². The molecule has 0 spiro atoms. The smallest absolute Gasteiger partial charge is 0.240 e. The number of amides is 1. The number of halogens is 1. The normalized spacial score (nSPS) is 20.1. The first kappa shape index (κ1) is 17.1. The molecule has 1 aliphatic heterocycles. The minimum absolute atomic E-state index is 0.109. The Bertz CT molecular complexity index is 677. The number of carbonyl (C=O) groups excluding carboxylic acids is 1. The molecule has 2 heterocycles. The van der Waals surface area contributed by atoms with Gasteiger partial charge in [-0.25, -0.2) is 10.9 Å². The molecule has 1 amide bonds. The highest BCUT2D eigenvalue weighted by molar-refractivity contribution is 9.10. The predicted octanol–water partition coefficient (Wildman–Crippen LogP) is 2.45. The summed E-state index contributed by atoms with van der Waals surface area (Å²) in [7, 11) is 1.85. The number of hydrogen-bond acceptors (Lipinski definition) is 4. The molecule has 2 N–H and O–H groups in total. The summed E-state index contributed by atoms with van der Waals surface area (Å²) >= 11 is 3.44. The van der Waals surface area contributed by atoms with E-state index in [-0.39, 0.29) is 18.0 Å². The van der Waals surface area contributed by atoms with Gasteiger partial charge in [0.05, 0.1) is 0 Å². The van der Waals surface area contributed by atoms with Crippen LogP contribution in [0.3, 0.4) is 0 Å². The second-order valence-corrected chi connectivity index (χ2v) is 6.93. The Labute approximate surface area is 150 Å². The van der Waals surface area contributed by atoms with Crippen LogP contribution in [0, 0.1) is 0 Å². The summed E-state index contributed by atoms with van der Waals surface area (Å²) in [4.78, 5) is 18.7. The van der Waals surface area contributed by atoms with Crippen LogP contribution in [0.2, 0.25) is 0 Å². The molecular weight excluding hydrogens is 368 g/mol. The molecule has 0 radical (unpaired) electrons. The highest BCUT2D eigenvalue weighted by atomic mass is 79.9. The zero-order valence-corrected chi connectivity index (χ0v) is 15.2. The van der Waals surface area contributed by atoms with E-state index in [2.05, 4.69) is 43.9 Å². The molecule has 0 bridgehead atoms. The molecule has 1 aromatic heterocycles. The van der Waals surface area contributed by atoms with Gasteiger partial charge in [-0.05, 0) is 36.2 Å². The highest BCUT2D eigenvalue weighted by Crippen LogP contribution is 2.24. The zero-order chi connectivity index (χ0) is 16.9. The Hall–Kier alpha value is -1.76. The summed E-state index contributed by atoms with van der Waals surface area (Å²) in [6.45, 7) is 0.664. The fourth-order valence-electron chi connectivity index (χ4n) is 2.84. The van der Waals surface area contributed by atoms with Gasteiger partial charge in [0.1, 0.15) is 6.04 Å². The van der Waals surface area contributed by atoms with E-state index in [4.69, 9.17) is 0 Å². The first-order chi connectivity index (χ1) is 11.6. The minimum atomic E-state index is -0.202. The number of rotatable bonds is 5. The lowest BCUT2D eigenvalue weighted by Crippen LogP contribution is -2.44. The fraction of sp³-hybridized carbons (Fsp3) is 0.333. The average molecular weight is 389 g/mol. The molecule has 1 aromatic carbocycles. The Morgan fingerprint density at radius 1 is 1.25 bits per heavy atom. The third-order valence-corrected chi connectivity index (χ3v) is 4.81. The molecule has 2 unspecified atom stereocenters. The zero-order valence-electron chi connectivity index (χ0n) is 13.6. The molecule has 1 fully saturated rings. The molecular formula is C18H21BrN4O. The van der Waals surface area contributed by atoms with Crippen LogP contribution in [0.1, 0.15) is 23.7 Å². The summed E-state index contributed by atoms with van der Waals surface area (Å²) < 4.78 is 1.05. The van der Waals surface area contributed by atoms with E-state index in [1.165, 1.54) is 5.56 Å². The van der Waals surface area contributed by atoms with Crippen molar-refractivity contribution in [3.8, 4) is 0 Å². The van der Waals surface area contributed by atoms with Crippen LogP contribution in [0.4, 0.5) is 0 Å². The molecule has 0 saturated carbocycles. The summed E-state index contributed by atoms with van der Waals surface area (Å²) in [5.74, 6) is 0.109. The lowest BCUT2D eigenvalue weighted by molar-refractivity contribution is -0.131. The second kappa shape index (κ2) is 7.88. The van der Waals surface area contributed by atoms with Gasteiger partial charge in [0.25, 0.3) is 0 Å².